The molecule has 1 aromatic carbocycles. The third-order valence-corrected chi connectivity index (χ3v) is 4.52. The Morgan fingerprint density at radius 2 is 2.00 bits per heavy atom. The molecule has 100 valence electrons. The highest BCUT2D eigenvalue weighted by Gasteiger charge is 2.20. The fourth-order valence-electron chi connectivity index (χ4n) is 2.49. The second-order valence-corrected chi connectivity index (χ2v) is 5.84. The molecule has 1 aliphatic heterocycles. The van der Waals surface area contributed by atoms with E-state index in [9.17, 15) is 14.0 Å². The maximum absolute atomic E-state index is 13.6. The van der Waals surface area contributed by atoms with Crippen molar-refractivity contribution in [2.75, 3.05) is 11.5 Å². The van der Waals surface area contributed by atoms with Crippen LogP contribution in [0.5, 0.6) is 0 Å². The number of hydrogen-bond acceptors (Lipinski definition) is 3. The van der Waals surface area contributed by atoms with Crippen molar-refractivity contribution in [2.24, 2.45) is 0 Å². The minimum Gasteiger partial charge on any atom is -0.304 e. The Morgan fingerprint density at radius 3 is 2.74 bits per heavy atom. The summed E-state index contributed by atoms with van der Waals surface area (Å²) in [5.74, 6) is 1.31. The molecule has 0 bridgehead atoms. The largest absolute Gasteiger partial charge is 0.329 e. The molecule has 4 nitrogen and oxygen atoms in total. The van der Waals surface area contributed by atoms with Gasteiger partial charge < -0.3 is 4.98 Å². The van der Waals surface area contributed by atoms with Crippen LogP contribution in [0, 0.1) is 5.82 Å². The van der Waals surface area contributed by atoms with Crippen LogP contribution >= 0.6 is 11.8 Å². The van der Waals surface area contributed by atoms with Gasteiger partial charge in [0.25, 0.3) is 5.56 Å². The van der Waals surface area contributed by atoms with Crippen LogP contribution in [-0.4, -0.2) is 21.1 Å². The summed E-state index contributed by atoms with van der Waals surface area (Å²) in [5, 5.41) is 0.234. The number of thioether (sulfide) groups is 1. The minimum absolute atomic E-state index is 0.000987. The normalized spacial score (nSPS) is 16.9. The van der Waals surface area contributed by atoms with Crippen LogP contribution in [0.3, 0.4) is 0 Å². The van der Waals surface area contributed by atoms with E-state index in [2.05, 4.69) is 4.98 Å². The fraction of sp³-hybridized carbons (Fsp3) is 0.385. The molecule has 0 atom stereocenters. The molecule has 0 radical (unpaired) electrons. The van der Waals surface area contributed by atoms with Gasteiger partial charge >= 0.3 is 5.69 Å². The fourth-order valence-corrected chi connectivity index (χ4v) is 3.58. The molecule has 3 rings (SSSR count). The lowest BCUT2D eigenvalue weighted by Crippen LogP contribution is -2.39. The quantitative estimate of drug-likeness (QED) is 0.868. The number of aromatic nitrogens is 2. The van der Waals surface area contributed by atoms with Crippen LogP contribution in [0.2, 0.25) is 0 Å². The van der Waals surface area contributed by atoms with E-state index in [0.29, 0.717) is 0 Å². The Kier molecular flexibility index (Phi) is 3.18. The van der Waals surface area contributed by atoms with Gasteiger partial charge in [-0.2, -0.15) is 11.8 Å². The second kappa shape index (κ2) is 4.85. The Hall–Kier alpha value is -1.56. The molecule has 1 fully saturated rings. The van der Waals surface area contributed by atoms with Gasteiger partial charge in [-0.25, -0.2) is 9.18 Å². The van der Waals surface area contributed by atoms with Gasteiger partial charge in [0, 0.05) is 6.04 Å². The van der Waals surface area contributed by atoms with Crippen molar-refractivity contribution in [3.05, 3.63) is 44.9 Å². The molecule has 0 aliphatic carbocycles. The highest BCUT2D eigenvalue weighted by Crippen LogP contribution is 2.25. The van der Waals surface area contributed by atoms with E-state index in [1.807, 2.05) is 11.8 Å². The summed E-state index contributed by atoms with van der Waals surface area (Å²) in [6, 6.07) is 4.19. The lowest BCUT2D eigenvalue weighted by molar-refractivity contribution is 0.440. The summed E-state index contributed by atoms with van der Waals surface area (Å²) in [5.41, 5.74) is -0.909. The zero-order valence-corrected chi connectivity index (χ0v) is 11.0. The van der Waals surface area contributed by atoms with Crippen LogP contribution in [-0.2, 0) is 0 Å². The third-order valence-electron chi connectivity index (χ3n) is 3.47. The van der Waals surface area contributed by atoms with E-state index >= 15 is 0 Å². The van der Waals surface area contributed by atoms with Crippen molar-refractivity contribution in [1.82, 2.24) is 9.55 Å². The number of benzene rings is 1. The second-order valence-electron chi connectivity index (χ2n) is 4.61. The Labute approximate surface area is 112 Å². The summed E-state index contributed by atoms with van der Waals surface area (Å²) < 4.78 is 14.8. The first-order valence-corrected chi connectivity index (χ1v) is 7.35. The monoisotopic (exact) mass is 280 g/mol. The molecule has 1 saturated heterocycles. The number of rotatable bonds is 1. The highest BCUT2D eigenvalue weighted by molar-refractivity contribution is 7.99. The summed E-state index contributed by atoms with van der Waals surface area (Å²) in [4.78, 5) is 26.9. The lowest BCUT2D eigenvalue weighted by atomic mass is 10.1. The number of halogens is 1. The zero-order chi connectivity index (χ0) is 13.4. The molecule has 6 heteroatoms. The highest BCUT2D eigenvalue weighted by atomic mass is 32.2. The molecular formula is C13H13FN2O2S. The molecule has 1 aromatic heterocycles. The Balaban J connectivity index is 2.26. The molecule has 1 aliphatic rings. The van der Waals surface area contributed by atoms with Crippen molar-refractivity contribution in [1.29, 1.82) is 0 Å². The van der Waals surface area contributed by atoms with Crippen molar-refractivity contribution in [2.45, 2.75) is 18.9 Å². The van der Waals surface area contributed by atoms with Crippen LogP contribution < -0.4 is 11.2 Å². The minimum atomic E-state index is -0.571. The van der Waals surface area contributed by atoms with Gasteiger partial charge in [0.1, 0.15) is 5.82 Å². The predicted octanol–water partition coefficient (Wildman–Crippen LogP) is 1.90. The van der Waals surface area contributed by atoms with Gasteiger partial charge in [0.2, 0.25) is 0 Å². The smallest absolute Gasteiger partial charge is 0.304 e. The number of aromatic amines is 1. The van der Waals surface area contributed by atoms with Gasteiger partial charge in [-0.15, -0.1) is 0 Å². The average Bonchev–Trinajstić information content (AvgIpc) is 2.41. The molecule has 0 spiro atoms. The molecular weight excluding hydrogens is 267 g/mol. The zero-order valence-electron chi connectivity index (χ0n) is 10.2. The Bertz CT molecular complexity index is 731. The van der Waals surface area contributed by atoms with Crippen LogP contribution in [0.15, 0.2) is 27.8 Å². The summed E-state index contributed by atoms with van der Waals surface area (Å²) in [7, 11) is 0. The first-order chi connectivity index (χ1) is 9.18. The first-order valence-electron chi connectivity index (χ1n) is 6.19. The van der Waals surface area contributed by atoms with E-state index in [1.165, 1.54) is 16.7 Å². The standard InChI is InChI=1S/C13H13FN2O2S/c14-10-3-1-2-9-11(10)15-13(18)16(12(9)17)8-4-6-19-7-5-8/h1-3,8H,4-7H2,(H,15,18). The maximum Gasteiger partial charge on any atom is 0.329 e. The van der Waals surface area contributed by atoms with Gasteiger partial charge in [0.05, 0.1) is 10.9 Å². The molecule has 19 heavy (non-hydrogen) atoms. The van der Waals surface area contributed by atoms with E-state index < -0.39 is 17.1 Å². The average molecular weight is 280 g/mol. The first kappa shape index (κ1) is 12.5. The van der Waals surface area contributed by atoms with E-state index in [1.54, 1.807) is 6.07 Å². The summed E-state index contributed by atoms with van der Waals surface area (Å²) >= 11 is 1.82. The van der Waals surface area contributed by atoms with E-state index in [4.69, 9.17) is 0 Å². The van der Waals surface area contributed by atoms with Gasteiger partial charge in [0.15, 0.2) is 0 Å². The maximum atomic E-state index is 13.6. The number of nitrogens with zero attached hydrogens (tertiary/aromatic N) is 1. The summed E-state index contributed by atoms with van der Waals surface area (Å²) in [6.07, 6.45) is 1.60. The third kappa shape index (κ3) is 2.10. The number of hydrogen-bond donors (Lipinski definition) is 1. The molecule has 0 amide bonds. The number of para-hydroxylation sites is 1. The van der Waals surface area contributed by atoms with E-state index in [-0.39, 0.29) is 16.9 Å². The van der Waals surface area contributed by atoms with Gasteiger partial charge in [-0.05, 0) is 36.5 Å². The Morgan fingerprint density at radius 1 is 1.26 bits per heavy atom. The lowest BCUT2D eigenvalue weighted by Gasteiger charge is -2.22. The molecule has 0 saturated carbocycles. The van der Waals surface area contributed by atoms with Crippen molar-refractivity contribution < 1.29 is 4.39 Å². The van der Waals surface area contributed by atoms with Crippen molar-refractivity contribution in [3.63, 3.8) is 0 Å². The van der Waals surface area contributed by atoms with Crippen LogP contribution in [0.25, 0.3) is 10.9 Å². The van der Waals surface area contributed by atoms with Crippen LogP contribution in [0.4, 0.5) is 4.39 Å². The molecule has 0 unspecified atom stereocenters. The summed E-state index contributed by atoms with van der Waals surface area (Å²) in [6.45, 7) is 0. The molecule has 1 N–H and O–H groups in total. The predicted molar refractivity (Wildman–Crippen MR) is 74.4 cm³/mol. The van der Waals surface area contributed by atoms with Crippen LogP contribution in [0.1, 0.15) is 18.9 Å². The SMILES string of the molecule is O=c1[nH]c2c(F)cccc2c(=O)n1C1CCSCC1. The van der Waals surface area contributed by atoms with Gasteiger partial charge in [-0.1, -0.05) is 6.07 Å². The topological polar surface area (TPSA) is 54.9 Å². The van der Waals surface area contributed by atoms with Gasteiger partial charge in [-0.3, -0.25) is 9.36 Å². The number of H-pyrrole nitrogens is 1. The molecule has 2 heterocycles. The molecule has 2 aromatic rings. The number of nitrogens with one attached hydrogen (secondary N) is 1. The van der Waals surface area contributed by atoms with Crippen molar-refractivity contribution >= 4 is 22.7 Å². The number of fused-ring (bicyclic) bond motifs is 1. The van der Waals surface area contributed by atoms with Crippen molar-refractivity contribution in [3.8, 4) is 0 Å². The van der Waals surface area contributed by atoms with E-state index in [0.717, 1.165) is 24.3 Å².